The minimum atomic E-state index is -0.0503. The predicted molar refractivity (Wildman–Crippen MR) is 90.3 cm³/mol. The third-order valence-electron chi connectivity index (χ3n) is 4.19. The first-order chi connectivity index (χ1) is 11.6. The van der Waals surface area contributed by atoms with Crippen LogP contribution in [0.4, 0.5) is 5.82 Å². The Balaban J connectivity index is 1.86. The molecular weight excluding hydrogens is 304 g/mol. The molecule has 6 nitrogen and oxygen atoms in total. The van der Waals surface area contributed by atoms with E-state index in [0.29, 0.717) is 24.6 Å². The molecule has 1 aliphatic heterocycles. The van der Waals surface area contributed by atoms with Gasteiger partial charge in [-0.25, -0.2) is 0 Å². The first kappa shape index (κ1) is 16.1. The molecule has 0 saturated heterocycles. The van der Waals surface area contributed by atoms with E-state index in [0.717, 1.165) is 34.7 Å². The lowest BCUT2D eigenvalue weighted by Crippen LogP contribution is -2.12. The molecule has 0 radical (unpaired) electrons. The van der Waals surface area contributed by atoms with Gasteiger partial charge in [0.25, 0.3) is 0 Å². The molecule has 1 aliphatic rings. The van der Waals surface area contributed by atoms with Crippen molar-refractivity contribution in [3.05, 3.63) is 40.6 Å². The minimum absolute atomic E-state index is 0.0503. The van der Waals surface area contributed by atoms with Gasteiger partial charge in [0.1, 0.15) is 11.6 Å². The second kappa shape index (κ2) is 6.75. The molecule has 2 heterocycles. The number of nitrogens with one attached hydrogen (secondary N) is 1. The highest BCUT2D eigenvalue weighted by atomic mass is 16.5. The average molecular weight is 324 g/mol. The van der Waals surface area contributed by atoms with Crippen molar-refractivity contribution < 1.29 is 9.47 Å². The Morgan fingerprint density at radius 3 is 2.67 bits per heavy atom. The number of ether oxygens (including phenoxy) is 2. The molecule has 3 rings (SSSR count). The highest BCUT2D eigenvalue weighted by molar-refractivity contribution is 5.57. The number of aromatic nitrogens is 2. The van der Waals surface area contributed by atoms with E-state index in [2.05, 4.69) is 21.6 Å². The van der Waals surface area contributed by atoms with E-state index >= 15 is 0 Å². The van der Waals surface area contributed by atoms with Crippen LogP contribution in [0.25, 0.3) is 0 Å². The first-order valence-electron chi connectivity index (χ1n) is 8.00. The summed E-state index contributed by atoms with van der Waals surface area (Å²) in [6.45, 7) is 7.06. The van der Waals surface area contributed by atoms with Crippen LogP contribution in [-0.2, 0) is 0 Å². The summed E-state index contributed by atoms with van der Waals surface area (Å²) >= 11 is 0. The summed E-state index contributed by atoms with van der Waals surface area (Å²) in [5, 5.41) is 20.9. The standard InChI is InChI=1S/C18H20N4O2/c1-11-12(2)21-22-18(15(11)10-19)20-13(3)14-5-6-16-17(9-14)24-8-4-7-23-16/h5-6,9,13H,4,7-8H2,1-3H3,(H,20,22)/t13-/m1/s1. The van der Waals surface area contributed by atoms with Gasteiger partial charge >= 0.3 is 0 Å². The number of nitrogens with zero attached hydrogens (tertiary/aromatic N) is 3. The normalized spacial score (nSPS) is 14.4. The topological polar surface area (TPSA) is 80.1 Å². The van der Waals surface area contributed by atoms with E-state index in [4.69, 9.17) is 9.47 Å². The predicted octanol–water partition coefficient (Wildman–Crippen LogP) is 3.30. The van der Waals surface area contributed by atoms with Crippen molar-refractivity contribution in [3.8, 4) is 17.6 Å². The van der Waals surface area contributed by atoms with Gasteiger partial charge in [-0.2, -0.15) is 10.4 Å². The summed E-state index contributed by atoms with van der Waals surface area (Å²) in [4.78, 5) is 0. The van der Waals surface area contributed by atoms with Crippen molar-refractivity contribution in [3.63, 3.8) is 0 Å². The van der Waals surface area contributed by atoms with Crippen LogP contribution in [-0.4, -0.2) is 23.4 Å². The van der Waals surface area contributed by atoms with Gasteiger partial charge < -0.3 is 14.8 Å². The van der Waals surface area contributed by atoms with Crippen LogP contribution in [0.1, 0.15) is 41.8 Å². The minimum Gasteiger partial charge on any atom is -0.490 e. The Bertz CT molecular complexity index is 798. The molecule has 1 atom stereocenters. The van der Waals surface area contributed by atoms with E-state index < -0.39 is 0 Å². The summed E-state index contributed by atoms with van der Waals surface area (Å²) in [6.07, 6.45) is 0.877. The molecule has 1 aromatic heterocycles. The number of nitriles is 1. The van der Waals surface area contributed by atoms with Crippen molar-refractivity contribution in [2.75, 3.05) is 18.5 Å². The summed E-state index contributed by atoms with van der Waals surface area (Å²) < 4.78 is 11.4. The van der Waals surface area contributed by atoms with Crippen LogP contribution in [0.15, 0.2) is 18.2 Å². The molecule has 6 heteroatoms. The molecule has 124 valence electrons. The number of benzene rings is 1. The third-order valence-corrected chi connectivity index (χ3v) is 4.19. The summed E-state index contributed by atoms with van der Waals surface area (Å²) in [6, 6.07) is 8.04. The second-order valence-electron chi connectivity index (χ2n) is 5.87. The van der Waals surface area contributed by atoms with Crippen molar-refractivity contribution in [1.82, 2.24) is 10.2 Å². The second-order valence-corrected chi connectivity index (χ2v) is 5.87. The largest absolute Gasteiger partial charge is 0.490 e. The van der Waals surface area contributed by atoms with Crippen LogP contribution >= 0.6 is 0 Å². The van der Waals surface area contributed by atoms with Crippen molar-refractivity contribution in [2.24, 2.45) is 0 Å². The fourth-order valence-electron chi connectivity index (χ4n) is 2.58. The molecule has 2 aromatic rings. The van der Waals surface area contributed by atoms with Gasteiger partial charge in [0.05, 0.1) is 24.9 Å². The van der Waals surface area contributed by atoms with Gasteiger partial charge in [0, 0.05) is 6.42 Å². The number of hydrogen-bond donors (Lipinski definition) is 1. The fraction of sp³-hybridized carbons (Fsp3) is 0.389. The fourth-order valence-corrected chi connectivity index (χ4v) is 2.58. The van der Waals surface area contributed by atoms with Gasteiger partial charge in [-0.05, 0) is 44.0 Å². The number of aryl methyl sites for hydroxylation is 1. The quantitative estimate of drug-likeness (QED) is 0.933. The van der Waals surface area contributed by atoms with Crippen molar-refractivity contribution in [1.29, 1.82) is 5.26 Å². The van der Waals surface area contributed by atoms with Gasteiger partial charge in [0.2, 0.25) is 0 Å². The molecule has 1 aromatic carbocycles. The zero-order valence-electron chi connectivity index (χ0n) is 14.1. The Labute approximate surface area is 141 Å². The molecule has 0 saturated carbocycles. The molecular formula is C18H20N4O2. The third kappa shape index (κ3) is 3.11. The highest BCUT2D eigenvalue weighted by Gasteiger charge is 2.16. The average Bonchev–Trinajstić information content (AvgIpc) is 2.83. The molecule has 0 aliphatic carbocycles. The van der Waals surface area contributed by atoms with Crippen LogP contribution in [0, 0.1) is 25.2 Å². The molecule has 24 heavy (non-hydrogen) atoms. The maximum atomic E-state index is 9.40. The lowest BCUT2D eigenvalue weighted by Gasteiger charge is -2.18. The lowest BCUT2D eigenvalue weighted by atomic mass is 10.1. The first-order valence-corrected chi connectivity index (χ1v) is 8.00. The molecule has 1 N–H and O–H groups in total. The van der Waals surface area contributed by atoms with Gasteiger partial charge in [-0.15, -0.1) is 5.10 Å². The summed E-state index contributed by atoms with van der Waals surface area (Å²) in [7, 11) is 0. The molecule has 0 spiro atoms. The Morgan fingerprint density at radius 2 is 1.92 bits per heavy atom. The molecule has 0 fully saturated rings. The van der Waals surface area contributed by atoms with Gasteiger partial charge in [-0.3, -0.25) is 0 Å². The number of anilines is 1. The molecule has 0 bridgehead atoms. The van der Waals surface area contributed by atoms with Gasteiger partial charge in [-0.1, -0.05) is 6.07 Å². The number of fused-ring (bicyclic) bond motifs is 1. The zero-order chi connectivity index (χ0) is 17.1. The van der Waals surface area contributed by atoms with Crippen LogP contribution in [0.3, 0.4) is 0 Å². The monoisotopic (exact) mass is 324 g/mol. The van der Waals surface area contributed by atoms with Crippen molar-refractivity contribution in [2.45, 2.75) is 33.2 Å². The molecule has 0 unspecified atom stereocenters. The lowest BCUT2D eigenvalue weighted by molar-refractivity contribution is 0.297. The van der Waals surface area contributed by atoms with Crippen LogP contribution < -0.4 is 14.8 Å². The van der Waals surface area contributed by atoms with Gasteiger partial charge in [0.15, 0.2) is 17.3 Å². The zero-order valence-corrected chi connectivity index (χ0v) is 14.1. The van der Waals surface area contributed by atoms with Crippen LogP contribution in [0.5, 0.6) is 11.5 Å². The Morgan fingerprint density at radius 1 is 1.17 bits per heavy atom. The maximum Gasteiger partial charge on any atom is 0.167 e. The highest BCUT2D eigenvalue weighted by Crippen LogP contribution is 2.33. The summed E-state index contributed by atoms with van der Waals surface area (Å²) in [5.74, 6) is 2.03. The van der Waals surface area contributed by atoms with E-state index in [-0.39, 0.29) is 6.04 Å². The Kier molecular flexibility index (Phi) is 4.52. The van der Waals surface area contributed by atoms with Crippen molar-refractivity contribution >= 4 is 5.82 Å². The maximum absolute atomic E-state index is 9.40. The van der Waals surface area contributed by atoms with E-state index in [1.165, 1.54) is 0 Å². The Hall–Kier alpha value is -2.81. The molecule has 0 amide bonds. The van der Waals surface area contributed by atoms with E-state index in [1.807, 2.05) is 39.0 Å². The summed E-state index contributed by atoms with van der Waals surface area (Å²) in [5.41, 5.74) is 3.17. The van der Waals surface area contributed by atoms with Crippen LogP contribution in [0.2, 0.25) is 0 Å². The SMILES string of the molecule is Cc1nnc(N[C@H](C)c2ccc3c(c2)OCCCO3)c(C#N)c1C. The van der Waals surface area contributed by atoms with E-state index in [9.17, 15) is 5.26 Å². The van der Waals surface area contributed by atoms with E-state index in [1.54, 1.807) is 0 Å². The number of rotatable bonds is 3. The number of hydrogen-bond acceptors (Lipinski definition) is 6. The smallest absolute Gasteiger partial charge is 0.167 e.